The van der Waals surface area contributed by atoms with Crippen molar-refractivity contribution in [2.75, 3.05) is 36.4 Å². The van der Waals surface area contributed by atoms with E-state index in [-0.39, 0.29) is 5.56 Å². The Morgan fingerprint density at radius 1 is 1.24 bits per heavy atom. The first-order chi connectivity index (χ1) is 14.1. The first-order valence-electron chi connectivity index (χ1n) is 9.98. The zero-order valence-corrected chi connectivity index (χ0v) is 16.3. The van der Waals surface area contributed by atoms with Crippen LogP contribution < -0.4 is 10.2 Å². The Bertz CT molecular complexity index is 1080. The molecule has 1 aromatic carbocycles. The van der Waals surface area contributed by atoms with E-state index in [0.29, 0.717) is 17.5 Å². The number of amides is 1. The monoisotopic (exact) mass is 394 g/mol. The van der Waals surface area contributed by atoms with Crippen LogP contribution in [0, 0.1) is 12.7 Å². The fraction of sp³-hybridized carbons (Fsp3) is 0.381. The molecule has 2 aliphatic heterocycles. The van der Waals surface area contributed by atoms with Gasteiger partial charge in [0.1, 0.15) is 11.6 Å². The van der Waals surface area contributed by atoms with Gasteiger partial charge in [0.15, 0.2) is 5.65 Å². The zero-order valence-electron chi connectivity index (χ0n) is 16.3. The van der Waals surface area contributed by atoms with Crippen molar-refractivity contribution in [3.63, 3.8) is 0 Å². The Morgan fingerprint density at radius 3 is 3.00 bits per heavy atom. The van der Waals surface area contributed by atoms with E-state index in [2.05, 4.69) is 25.1 Å². The molecule has 5 rings (SSSR count). The van der Waals surface area contributed by atoms with E-state index in [1.54, 1.807) is 22.9 Å². The molecule has 3 aromatic rings. The van der Waals surface area contributed by atoms with Crippen molar-refractivity contribution in [3.05, 3.63) is 53.9 Å². The van der Waals surface area contributed by atoms with Crippen LogP contribution in [-0.4, -0.2) is 57.4 Å². The molecule has 0 aliphatic carbocycles. The molecule has 4 heterocycles. The number of nitrogens with one attached hydrogen (secondary N) is 1. The minimum absolute atomic E-state index is 0.0111. The van der Waals surface area contributed by atoms with Gasteiger partial charge in [0, 0.05) is 37.6 Å². The summed E-state index contributed by atoms with van der Waals surface area (Å²) in [5, 5.41) is 2.67. The van der Waals surface area contributed by atoms with Crippen LogP contribution in [-0.2, 0) is 0 Å². The van der Waals surface area contributed by atoms with Gasteiger partial charge in [-0.2, -0.15) is 0 Å². The Balaban J connectivity index is 1.32. The molecule has 150 valence electrons. The third-order valence-corrected chi connectivity index (χ3v) is 5.85. The van der Waals surface area contributed by atoms with Crippen molar-refractivity contribution in [2.24, 2.45) is 0 Å². The molecule has 0 spiro atoms. The van der Waals surface area contributed by atoms with Crippen molar-refractivity contribution >= 4 is 23.1 Å². The van der Waals surface area contributed by atoms with Gasteiger partial charge in [-0.05, 0) is 44.5 Å². The molecule has 1 atom stereocenters. The molecule has 1 N–H and O–H groups in total. The number of carbonyl (C=O) groups excluding carboxylic acids is 1. The summed E-state index contributed by atoms with van der Waals surface area (Å²) < 4.78 is 16.5. The Morgan fingerprint density at radius 2 is 2.14 bits per heavy atom. The molecule has 8 heteroatoms. The number of benzene rings is 1. The van der Waals surface area contributed by atoms with Gasteiger partial charge in [-0.1, -0.05) is 0 Å². The van der Waals surface area contributed by atoms with Crippen LogP contribution in [0.1, 0.15) is 28.9 Å². The molecule has 0 bridgehead atoms. The minimum Gasteiger partial charge on any atom is -0.369 e. The number of anilines is 2. The Labute approximate surface area is 168 Å². The lowest BCUT2D eigenvalue weighted by atomic mass is 10.1. The van der Waals surface area contributed by atoms with Gasteiger partial charge < -0.3 is 14.6 Å². The SMILES string of the molecule is Cc1cn2cc(NC(=O)c3ccc(N4CCN5CCC[C@@H]5C4)cc3F)ncc2n1. The number of imidazole rings is 1. The van der Waals surface area contributed by atoms with Crippen LogP contribution >= 0.6 is 0 Å². The van der Waals surface area contributed by atoms with Gasteiger partial charge in [-0.3, -0.25) is 9.69 Å². The molecule has 7 nitrogen and oxygen atoms in total. The van der Waals surface area contributed by atoms with E-state index in [1.807, 2.05) is 19.2 Å². The highest BCUT2D eigenvalue weighted by Crippen LogP contribution is 2.27. The molecule has 0 radical (unpaired) electrons. The van der Waals surface area contributed by atoms with E-state index in [9.17, 15) is 9.18 Å². The summed E-state index contributed by atoms with van der Waals surface area (Å²) in [6.07, 6.45) is 7.52. The average molecular weight is 394 g/mol. The number of halogens is 1. The summed E-state index contributed by atoms with van der Waals surface area (Å²) in [6, 6.07) is 5.41. The normalized spacial score (nSPS) is 19.5. The van der Waals surface area contributed by atoms with Gasteiger partial charge in [0.05, 0.1) is 23.7 Å². The largest absolute Gasteiger partial charge is 0.369 e. The number of piperazine rings is 1. The van der Waals surface area contributed by atoms with Crippen molar-refractivity contribution in [2.45, 2.75) is 25.8 Å². The Hall–Kier alpha value is -3.00. The van der Waals surface area contributed by atoms with E-state index < -0.39 is 11.7 Å². The third kappa shape index (κ3) is 3.44. The second kappa shape index (κ2) is 7.11. The fourth-order valence-electron chi connectivity index (χ4n) is 4.38. The molecule has 1 amide bonds. The zero-order chi connectivity index (χ0) is 20.0. The summed E-state index contributed by atoms with van der Waals surface area (Å²) in [5.74, 6) is -0.688. The summed E-state index contributed by atoms with van der Waals surface area (Å²) in [4.78, 5) is 25.8. The number of aromatic nitrogens is 3. The van der Waals surface area contributed by atoms with Crippen molar-refractivity contribution in [1.29, 1.82) is 0 Å². The first-order valence-corrected chi connectivity index (χ1v) is 9.98. The highest BCUT2D eigenvalue weighted by molar-refractivity contribution is 6.04. The number of fused-ring (bicyclic) bond motifs is 2. The minimum atomic E-state index is -0.520. The van der Waals surface area contributed by atoms with Gasteiger partial charge in [0.2, 0.25) is 0 Å². The predicted molar refractivity (Wildman–Crippen MR) is 109 cm³/mol. The van der Waals surface area contributed by atoms with Crippen LogP contribution in [0.3, 0.4) is 0 Å². The highest BCUT2D eigenvalue weighted by Gasteiger charge is 2.30. The lowest BCUT2D eigenvalue weighted by molar-refractivity contribution is 0.102. The second-order valence-electron chi connectivity index (χ2n) is 7.82. The number of aryl methyl sites for hydroxylation is 1. The number of hydrogen-bond acceptors (Lipinski definition) is 5. The topological polar surface area (TPSA) is 65.8 Å². The van der Waals surface area contributed by atoms with Crippen LogP contribution in [0.4, 0.5) is 15.9 Å². The van der Waals surface area contributed by atoms with Crippen LogP contribution in [0.25, 0.3) is 5.65 Å². The van der Waals surface area contributed by atoms with Crippen LogP contribution in [0.15, 0.2) is 36.8 Å². The quantitative estimate of drug-likeness (QED) is 0.740. The lowest BCUT2D eigenvalue weighted by Crippen LogP contribution is -2.50. The number of carbonyl (C=O) groups is 1. The molecule has 29 heavy (non-hydrogen) atoms. The van der Waals surface area contributed by atoms with E-state index in [1.165, 1.54) is 25.5 Å². The van der Waals surface area contributed by atoms with E-state index in [0.717, 1.165) is 31.0 Å². The van der Waals surface area contributed by atoms with Crippen LogP contribution in [0.2, 0.25) is 0 Å². The maximum Gasteiger partial charge on any atom is 0.259 e. The smallest absolute Gasteiger partial charge is 0.259 e. The molecule has 2 aromatic heterocycles. The van der Waals surface area contributed by atoms with Gasteiger partial charge in [0.25, 0.3) is 5.91 Å². The van der Waals surface area contributed by atoms with Crippen molar-refractivity contribution in [1.82, 2.24) is 19.3 Å². The molecule has 0 saturated carbocycles. The predicted octanol–water partition coefficient (Wildman–Crippen LogP) is 2.71. The third-order valence-electron chi connectivity index (χ3n) is 5.85. The van der Waals surface area contributed by atoms with E-state index >= 15 is 0 Å². The molecule has 2 saturated heterocycles. The molecular formula is C21H23FN6O. The average Bonchev–Trinajstić information content (AvgIpc) is 3.32. The standard InChI is InChI=1S/C21H23FN6O/c1-14-11-28-13-19(23-10-20(28)24-14)25-21(29)17-5-4-15(9-18(17)22)27-8-7-26-6-2-3-16(26)12-27/h4-5,9-11,13,16H,2-3,6-8,12H2,1H3,(H,25,29)/t16-/m1/s1. The summed E-state index contributed by atoms with van der Waals surface area (Å²) >= 11 is 0. The fourth-order valence-corrected chi connectivity index (χ4v) is 4.38. The number of hydrogen-bond donors (Lipinski definition) is 1. The Kier molecular flexibility index (Phi) is 4.43. The molecule has 2 fully saturated rings. The van der Waals surface area contributed by atoms with Gasteiger partial charge >= 0.3 is 0 Å². The van der Waals surface area contributed by atoms with Crippen molar-refractivity contribution in [3.8, 4) is 0 Å². The lowest BCUT2D eigenvalue weighted by Gasteiger charge is -2.38. The second-order valence-corrected chi connectivity index (χ2v) is 7.82. The highest BCUT2D eigenvalue weighted by atomic mass is 19.1. The van der Waals surface area contributed by atoms with Gasteiger partial charge in [-0.15, -0.1) is 0 Å². The van der Waals surface area contributed by atoms with Crippen molar-refractivity contribution < 1.29 is 9.18 Å². The molecule has 0 unspecified atom stereocenters. The maximum absolute atomic E-state index is 14.7. The summed E-state index contributed by atoms with van der Waals surface area (Å²) in [5.41, 5.74) is 2.39. The molecule has 2 aliphatic rings. The number of rotatable bonds is 3. The van der Waals surface area contributed by atoms with Crippen LogP contribution in [0.5, 0.6) is 0 Å². The van der Waals surface area contributed by atoms with E-state index in [4.69, 9.17) is 0 Å². The first kappa shape index (κ1) is 18.1. The van der Waals surface area contributed by atoms with Gasteiger partial charge in [-0.25, -0.2) is 14.4 Å². The number of nitrogens with zero attached hydrogens (tertiary/aromatic N) is 5. The summed E-state index contributed by atoms with van der Waals surface area (Å²) in [6.45, 7) is 5.87. The summed E-state index contributed by atoms with van der Waals surface area (Å²) in [7, 11) is 0. The maximum atomic E-state index is 14.7. The molecular weight excluding hydrogens is 371 g/mol.